The molecule has 0 saturated carbocycles. The van der Waals surface area contributed by atoms with E-state index in [1.807, 2.05) is 41.3 Å². The highest BCUT2D eigenvalue weighted by molar-refractivity contribution is 6.04. The number of urea groups is 1. The molecule has 3 aromatic rings. The predicted octanol–water partition coefficient (Wildman–Crippen LogP) is 3.68. The van der Waals surface area contributed by atoms with Crippen molar-refractivity contribution >= 4 is 23.3 Å². The molecule has 0 aromatic heterocycles. The number of amides is 3. The van der Waals surface area contributed by atoms with E-state index in [0.29, 0.717) is 30.9 Å². The second-order valence-corrected chi connectivity index (χ2v) is 8.03. The molecular weight excluding hydrogens is 432 g/mol. The van der Waals surface area contributed by atoms with Gasteiger partial charge in [0.25, 0.3) is 5.91 Å². The van der Waals surface area contributed by atoms with E-state index in [1.165, 1.54) is 12.1 Å². The van der Waals surface area contributed by atoms with Crippen LogP contribution in [0.5, 0.6) is 11.5 Å². The SMILES string of the molecule is COc1ccc(CNC(=O)N2CCN(c3ccc(C(=O)Nc4ccc(O)cc4)cc3)CC2)cc1. The van der Waals surface area contributed by atoms with Gasteiger partial charge in [0, 0.05) is 49.7 Å². The Labute approximate surface area is 198 Å². The Morgan fingerprint density at radius 2 is 1.53 bits per heavy atom. The molecule has 0 atom stereocenters. The summed E-state index contributed by atoms with van der Waals surface area (Å²) in [6, 6.07) is 21.3. The van der Waals surface area contributed by atoms with Gasteiger partial charge in [-0.25, -0.2) is 4.79 Å². The zero-order valence-corrected chi connectivity index (χ0v) is 19.0. The molecule has 4 rings (SSSR count). The highest BCUT2D eigenvalue weighted by Crippen LogP contribution is 2.19. The Morgan fingerprint density at radius 3 is 2.15 bits per heavy atom. The van der Waals surface area contributed by atoms with Gasteiger partial charge in [0.2, 0.25) is 0 Å². The highest BCUT2D eigenvalue weighted by Gasteiger charge is 2.21. The van der Waals surface area contributed by atoms with E-state index in [4.69, 9.17) is 4.74 Å². The second kappa shape index (κ2) is 10.6. The van der Waals surface area contributed by atoms with Gasteiger partial charge >= 0.3 is 6.03 Å². The van der Waals surface area contributed by atoms with Crippen LogP contribution in [-0.4, -0.2) is 55.2 Å². The third kappa shape index (κ3) is 5.78. The van der Waals surface area contributed by atoms with E-state index in [-0.39, 0.29) is 17.7 Å². The summed E-state index contributed by atoms with van der Waals surface area (Å²) >= 11 is 0. The number of methoxy groups -OCH3 is 1. The fourth-order valence-electron chi connectivity index (χ4n) is 3.77. The van der Waals surface area contributed by atoms with E-state index >= 15 is 0 Å². The van der Waals surface area contributed by atoms with E-state index in [2.05, 4.69) is 15.5 Å². The smallest absolute Gasteiger partial charge is 0.317 e. The van der Waals surface area contributed by atoms with Gasteiger partial charge in [-0.15, -0.1) is 0 Å². The number of carbonyl (C=O) groups is 2. The summed E-state index contributed by atoms with van der Waals surface area (Å²) in [5.74, 6) is 0.727. The number of anilines is 2. The molecule has 3 amide bonds. The fourth-order valence-corrected chi connectivity index (χ4v) is 3.77. The third-order valence-corrected chi connectivity index (χ3v) is 5.79. The Hall–Kier alpha value is -4.20. The monoisotopic (exact) mass is 460 g/mol. The molecule has 0 unspecified atom stereocenters. The van der Waals surface area contributed by atoms with Crippen LogP contribution in [-0.2, 0) is 6.54 Å². The minimum Gasteiger partial charge on any atom is -0.508 e. The molecule has 1 heterocycles. The predicted molar refractivity (Wildman–Crippen MR) is 132 cm³/mol. The molecule has 34 heavy (non-hydrogen) atoms. The quantitative estimate of drug-likeness (QED) is 0.488. The summed E-state index contributed by atoms with van der Waals surface area (Å²) in [6.45, 7) is 3.15. The van der Waals surface area contributed by atoms with Crippen molar-refractivity contribution in [3.05, 3.63) is 83.9 Å². The van der Waals surface area contributed by atoms with Crippen LogP contribution in [0.3, 0.4) is 0 Å². The first-order valence-corrected chi connectivity index (χ1v) is 11.1. The first-order valence-electron chi connectivity index (χ1n) is 11.1. The lowest BCUT2D eigenvalue weighted by molar-refractivity contribution is 0.102. The maximum atomic E-state index is 12.5. The van der Waals surface area contributed by atoms with Crippen molar-refractivity contribution in [3.8, 4) is 11.5 Å². The molecule has 0 radical (unpaired) electrons. The molecule has 0 bridgehead atoms. The number of hydrogen-bond acceptors (Lipinski definition) is 5. The van der Waals surface area contributed by atoms with E-state index < -0.39 is 0 Å². The summed E-state index contributed by atoms with van der Waals surface area (Å²) < 4.78 is 5.15. The summed E-state index contributed by atoms with van der Waals surface area (Å²) in [6.07, 6.45) is 0. The number of ether oxygens (including phenoxy) is 1. The third-order valence-electron chi connectivity index (χ3n) is 5.79. The van der Waals surface area contributed by atoms with Gasteiger partial charge in [0.1, 0.15) is 11.5 Å². The van der Waals surface area contributed by atoms with Crippen molar-refractivity contribution in [1.82, 2.24) is 10.2 Å². The van der Waals surface area contributed by atoms with Gasteiger partial charge in [0.05, 0.1) is 7.11 Å². The van der Waals surface area contributed by atoms with Crippen LogP contribution < -0.4 is 20.3 Å². The van der Waals surface area contributed by atoms with Crippen LogP contribution in [0.2, 0.25) is 0 Å². The first kappa shape index (κ1) is 23.0. The Kier molecular flexibility index (Phi) is 7.17. The van der Waals surface area contributed by atoms with Crippen molar-refractivity contribution < 1.29 is 19.4 Å². The minimum absolute atomic E-state index is 0.0725. The van der Waals surface area contributed by atoms with Gasteiger partial charge in [0.15, 0.2) is 0 Å². The Morgan fingerprint density at radius 1 is 0.882 bits per heavy atom. The van der Waals surface area contributed by atoms with Crippen LogP contribution in [0.1, 0.15) is 15.9 Å². The lowest BCUT2D eigenvalue weighted by Crippen LogP contribution is -2.51. The van der Waals surface area contributed by atoms with Gasteiger partial charge in [-0.1, -0.05) is 12.1 Å². The number of phenolic OH excluding ortho intramolecular Hbond substituents is 1. The minimum atomic E-state index is -0.212. The molecule has 176 valence electrons. The molecular formula is C26H28N4O4. The molecule has 3 N–H and O–H groups in total. The summed E-state index contributed by atoms with van der Waals surface area (Å²) in [7, 11) is 1.63. The fraction of sp³-hybridized carbons (Fsp3) is 0.231. The zero-order chi connectivity index (χ0) is 23.9. The van der Waals surface area contributed by atoms with Crippen LogP contribution in [0, 0.1) is 0 Å². The highest BCUT2D eigenvalue weighted by atomic mass is 16.5. The molecule has 1 aliphatic rings. The van der Waals surface area contributed by atoms with Crippen molar-refractivity contribution in [1.29, 1.82) is 0 Å². The molecule has 3 aromatic carbocycles. The molecule has 1 saturated heterocycles. The molecule has 1 fully saturated rings. The number of nitrogens with one attached hydrogen (secondary N) is 2. The maximum Gasteiger partial charge on any atom is 0.317 e. The maximum absolute atomic E-state index is 12.5. The summed E-state index contributed by atoms with van der Waals surface area (Å²) in [5, 5.41) is 15.1. The van der Waals surface area contributed by atoms with E-state index in [9.17, 15) is 14.7 Å². The van der Waals surface area contributed by atoms with Crippen LogP contribution >= 0.6 is 0 Å². The van der Waals surface area contributed by atoms with Crippen molar-refractivity contribution in [2.75, 3.05) is 43.5 Å². The number of rotatable bonds is 6. The zero-order valence-electron chi connectivity index (χ0n) is 19.0. The van der Waals surface area contributed by atoms with Gasteiger partial charge in [-0.3, -0.25) is 4.79 Å². The largest absolute Gasteiger partial charge is 0.508 e. The molecule has 1 aliphatic heterocycles. The van der Waals surface area contributed by atoms with Gasteiger partial charge in [-0.05, 0) is 66.2 Å². The van der Waals surface area contributed by atoms with Crippen molar-refractivity contribution in [2.45, 2.75) is 6.54 Å². The van der Waals surface area contributed by atoms with Gasteiger partial charge in [-0.2, -0.15) is 0 Å². The summed E-state index contributed by atoms with van der Waals surface area (Å²) in [5.41, 5.74) is 3.20. The molecule has 8 heteroatoms. The van der Waals surface area contributed by atoms with Crippen LogP contribution in [0.4, 0.5) is 16.2 Å². The lowest BCUT2D eigenvalue weighted by atomic mass is 10.1. The lowest BCUT2D eigenvalue weighted by Gasteiger charge is -2.36. The van der Waals surface area contributed by atoms with E-state index in [0.717, 1.165) is 30.1 Å². The number of phenols is 1. The number of piperazine rings is 1. The van der Waals surface area contributed by atoms with Crippen molar-refractivity contribution in [3.63, 3.8) is 0 Å². The average Bonchev–Trinajstić information content (AvgIpc) is 2.89. The number of hydrogen-bond donors (Lipinski definition) is 3. The molecule has 0 spiro atoms. The second-order valence-electron chi connectivity index (χ2n) is 8.03. The summed E-state index contributed by atoms with van der Waals surface area (Å²) in [4.78, 5) is 29.0. The number of nitrogens with zero attached hydrogens (tertiary/aromatic N) is 2. The normalized spacial score (nSPS) is 13.3. The van der Waals surface area contributed by atoms with Crippen LogP contribution in [0.25, 0.3) is 0 Å². The standard InChI is InChI=1S/C26H28N4O4/c1-34-24-12-2-19(3-13-24)18-27-26(33)30-16-14-29(15-17-30)22-8-4-20(5-9-22)25(32)28-21-6-10-23(31)11-7-21/h2-13,31H,14-18H2,1H3,(H,27,33)(H,28,32). The molecule has 0 aliphatic carbocycles. The molecule has 8 nitrogen and oxygen atoms in total. The van der Waals surface area contributed by atoms with E-state index in [1.54, 1.807) is 31.4 Å². The number of benzene rings is 3. The van der Waals surface area contributed by atoms with Crippen molar-refractivity contribution in [2.24, 2.45) is 0 Å². The van der Waals surface area contributed by atoms with Crippen LogP contribution in [0.15, 0.2) is 72.8 Å². The first-order chi connectivity index (χ1) is 16.5. The Bertz CT molecular complexity index is 1110. The number of carbonyl (C=O) groups excluding carboxylic acids is 2. The average molecular weight is 461 g/mol. The number of aromatic hydroxyl groups is 1. The van der Waals surface area contributed by atoms with Gasteiger partial charge < -0.3 is 30.3 Å². The topological polar surface area (TPSA) is 94.1 Å². The Balaban J connectivity index is 1.25.